The average Bonchev–Trinajstić information content (AvgIpc) is 2.86. The number of aromatic amines is 1. The number of carbonyl (C=O) groups is 3. The summed E-state index contributed by atoms with van der Waals surface area (Å²) in [5, 5.41) is 19.9. The molecule has 0 aliphatic carbocycles. The lowest BCUT2D eigenvalue weighted by molar-refractivity contribution is -0.142. The van der Waals surface area contributed by atoms with Crippen LogP contribution in [-0.2, 0) is 14.4 Å². The van der Waals surface area contributed by atoms with Gasteiger partial charge in [0.1, 0.15) is 11.8 Å². The van der Waals surface area contributed by atoms with Crippen molar-refractivity contribution in [2.45, 2.75) is 0 Å². The number of hydrogen-bond donors (Lipinski definition) is 4. The van der Waals surface area contributed by atoms with Gasteiger partial charge in [-0.25, -0.2) is 15.0 Å². The lowest BCUT2D eigenvalue weighted by atomic mass is 10.4. The monoisotopic (exact) mass is 308 g/mol. The summed E-state index contributed by atoms with van der Waals surface area (Å²) in [6.45, 7) is -1.54. The molecule has 2 heterocycles. The maximum Gasteiger partial charge on any atom is 0.317 e. The molecule has 0 saturated carbocycles. The van der Waals surface area contributed by atoms with Crippen LogP contribution in [0.4, 0.5) is 5.82 Å². The van der Waals surface area contributed by atoms with E-state index < -0.39 is 37.5 Å². The number of nitrogens with one attached hydrogen (secondary N) is 2. The lowest BCUT2D eigenvalue weighted by Crippen LogP contribution is -2.40. The summed E-state index contributed by atoms with van der Waals surface area (Å²) in [5.41, 5.74) is 0.775. The van der Waals surface area contributed by atoms with E-state index in [2.05, 4.69) is 25.3 Å². The Kier molecular flexibility index (Phi) is 4.58. The standard InChI is InChI=1S/C11H12N6O5/c18-6(1-17(2-7(19)20)3-8(21)22)16-11-9-10(13-4-12-9)14-5-15-11/h4-5H,1-3H2,(H,19,20)(H,21,22)(H2,12,13,14,15,16,18). The van der Waals surface area contributed by atoms with Crippen molar-refractivity contribution in [3.8, 4) is 0 Å². The van der Waals surface area contributed by atoms with Crippen LogP contribution < -0.4 is 5.32 Å². The van der Waals surface area contributed by atoms with Crippen LogP contribution in [-0.4, -0.2) is 72.5 Å². The molecule has 2 aromatic rings. The first-order chi connectivity index (χ1) is 10.5. The minimum absolute atomic E-state index is 0.179. The number of hydrogen-bond acceptors (Lipinski definition) is 7. The Morgan fingerprint density at radius 3 is 2.41 bits per heavy atom. The lowest BCUT2D eigenvalue weighted by Gasteiger charge is -2.17. The molecular weight excluding hydrogens is 296 g/mol. The largest absolute Gasteiger partial charge is 0.480 e. The zero-order valence-electron chi connectivity index (χ0n) is 11.2. The van der Waals surface area contributed by atoms with E-state index in [4.69, 9.17) is 10.2 Å². The van der Waals surface area contributed by atoms with E-state index in [1.165, 1.54) is 12.7 Å². The molecule has 0 saturated heterocycles. The third-order valence-corrected chi connectivity index (χ3v) is 2.57. The number of imidazole rings is 1. The zero-order valence-corrected chi connectivity index (χ0v) is 11.2. The molecule has 1 amide bonds. The van der Waals surface area contributed by atoms with Crippen molar-refractivity contribution in [2.75, 3.05) is 25.0 Å². The molecule has 0 bridgehead atoms. The number of carboxylic acids is 2. The third kappa shape index (κ3) is 3.96. The van der Waals surface area contributed by atoms with Crippen molar-refractivity contribution in [2.24, 2.45) is 0 Å². The normalized spacial score (nSPS) is 10.8. The van der Waals surface area contributed by atoms with Crippen molar-refractivity contribution in [1.82, 2.24) is 24.8 Å². The maximum atomic E-state index is 11.9. The molecular formula is C11H12N6O5. The zero-order chi connectivity index (χ0) is 16.1. The van der Waals surface area contributed by atoms with E-state index in [0.717, 1.165) is 4.90 Å². The molecule has 0 atom stereocenters. The summed E-state index contributed by atoms with van der Waals surface area (Å²) in [6.07, 6.45) is 2.60. The van der Waals surface area contributed by atoms with Gasteiger partial charge in [-0.15, -0.1) is 0 Å². The van der Waals surface area contributed by atoms with Crippen molar-refractivity contribution < 1.29 is 24.6 Å². The van der Waals surface area contributed by atoms with Crippen LogP contribution in [0.1, 0.15) is 0 Å². The fourth-order valence-corrected chi connectivity index (χ4v) is 1.78. The van der Waals surface area contributed by atoms with Crippen LogP contribution in [0.25, 0.3) is 11.2 Å². The molecule has 4 N–H and O–H groups in total. The number of nitrogens with zero attached hydrogens (tertiary/aromatic N) is 4. The van der Waals surface area contributed by atoms with Gasteiger partial charge >= 0.3 is 11.9 Å². The van der Waals surface area contributed by atoms with Crippen molar-refractivity contribution in [3.63, 3.8) is 0 Å². The number of fused-ring (bicyclic) bond motifs is 1. The predicted octanol–water partition coefficient (Wildman–Crippen LogP) is -1.24. The smallest absolute Gasteiger partial charge is 0.317 e. The number of carbonyl (C=O) groups excluding carboxylic acids is 1. The first kappa shape index (κ1) is 15.3. The van der Waals surface area contributed by atoms with Gasteiger partial charge in [-0.1, -0.05) is 0 Å². The van der Waals surface area contributed by atoms with Crippen molar-refractivity contribution in [1.29, 1.82) is 0 Å². The van der Waals surface area contributed by atoms with Crippen molar-refractivity contribution >= 4 is 34.8 Å². The molecule has 22 heavy (non-hydrogen) atoms. The van der Waals surface area contributed by atoms with Gasteiger partial charge in [-0.3, -0.25) is 19.3 Å². The number of aliphatic carboxylic acids is 2. The highest BCUT2D eigenvalue weighted by Gasteiger charge is 2.18. The highest BCUT2D eigenvalue weighted by atomic mass is 16.4. The summed E-state index contributed by atoms with van der Waals surface area (Å²) in [4.78, 5) is 48.7. The van der Waals surface area contributed by atoms with Gasteiger partial charge in [0, 0.05) is 0 Å². The summed E-state index contributed by atoms with van der Waals surface area (Å²) >= 11 is 0. The maximum absolute atomic E-state index is 11.9. The fraction of sp³-hybridized carbons (Fsp3) is 0.273. The topological polar surface area (TPSA) is 161 Å². The molecule has 0 unspecified atom stereocenters. The number of carboxylic acid groups (broad SMARTS) is 2. The fourth-order valence-electron chi connectivity index (χ4n) is 1.78. The van der Waals surface area contributed by atoms with E-state index in [9.17, 15) is 14.4 Å². The number of anilines is 1. The van der Waals surface area contributed by atoms with Crippen LogP contribution >= 0.6 is 0 Å². The SMILES string of the molecule is O=C(O)CN(CC(=O)O)CC(=O)Nc1ncnc2nc[nH]c12. The van der Waals surface area contributed by atoms with E-state index >= 15 is 0 Å². The highest BCUT2D eigenvalue weighted by molar-refractivity contribution is 5.97. The Bertz CT molecular complexity index is 698. The number of amides is 1. The molecule has 0 radical (unpaired) electrons. The third-order valence-electron chi connectivity index (χ3n) is 2.57. The Morgan fingerprint density at radius 2 is 1.77 bits per heavy atom. The number of H-pyrrole nitrogens is 1. The van der Waals surface area contributed by atoms with E-state index in [0.29, 0.717) is 11.2 Å². The van der Waals surface area contributed by atoms with Gasteiger partial charge < -0.3 is 20.5 Å². The van der Waals surface area contributed by atoms with E-state index in [1.807, 2.05) is 0 Å². The molecule has 0 aliphatic heterocycles. The van der Waals surface area contributed by atoms with E-state index in [1.54, 1.807) is 0 Å². The second-order valence-electron chi connectivity index (χ2n) is 4.30. The van der Waals surface area contributed by atoms with Gasteiger partial charge in [-0.2, -0.15) is 0 Å². The average molecular weight is 308 g/mol. The second kappa shape index (κ2) is 6.58. The molecule has 0 aromatic carbocycles. The molecule has 116 valence electrons. The van der Waals surface area contributed by atoms with Crippen LogP contribution in [0.3, 0.4) is 0 Å². The van der Waals surface area contributed by atoms with Gasteiger partial charge in [0.25, 0.3) is 0 Å². The van der Waals surface area contributed by atoms with Crippen LogP contribution in [0.5, 0.6) is 0 Å². The van der Waals surface area contributed by atoms with Gasteiger partial charge in [0.2, 0.25) is 5.91 Å². The molecule has 11 nitrogen and oxygen atoms in total. The van der Waals surface area contributed by atoms with Crippen LogP contribution in [0, 0.1) is 0 Å². The Hall–Kier alpha value is -3.08. The predicted molar refractivity (Wildman–Crippen MR) is 72.0 cm³/mol. The Morgan fingerprint density at radius 1 is 1.09 bits per heavy atom. The van der Waals surface area contributed by atoms with Crippen molar-refractivity contribution in [3.05, 3.63) is 12.7 Å². The molecule has 11 heteroatoms. The quantitative estimate of drug-likeness (QED) is 0.490. The van der Waals surface area contributed by atoms with Gasteiger partial charge in [0.05, 0.1) is 26.0 Å². The molecule has 2 rings (SSSR count). The van der Waals surface area contributed by atoms with Gasteiger partial charge in [0.15, 0.2) is 11.5 Å². The van der Waals surface area contributed by atoms with Gasteiger partial charge in [-0.05, 0) is 0 Å². The molecule has 2 aromatic heterocycles. The molecule has 0 aliphatic rings. The Balaban J connectivity index is 2.05. The van der Waals surface area contributed by atoms with Crippen LogP contribution in [0.2, 0.25) is 0 Å². The first-order valence-electron chi connectivity index (χ1n) is 6.05. The summed E-state index contributed by atoms with van der Waals surface area (Å²) in [5.74, 6) is -2.88. The minimum atomic E-state index is -1.23. The minimum Gasteiger partial charge on any atom is -0.480 e. The summed E-state index contributed by atoms with van der Waals surface area (Å²) in [7, 11) is 0. The molecule has 0 fully saturated rings. The number of aromatic nitrogens is 4. The van der Waals surface area contributed by atoms with Crippen LogP contribution in [0.15, 0.2) is 12.7 Å². The molecule has 0 spiro atoms. The summed E-state index contributed by atoms with van der Waals surface area (Å²) < 4.78 is 0. The highest BCUT2D eigenvalue weighted by Crippen LogP contribution is 2.14. The van der Waals surface area contributed by atoms with E-state index in [-0.39, 0.29) is 5.82 Å². The summed E-state index contributed by atoms with van der Waals surface area (Å²) in [6, 6.07) is 0. The number of rotatable bonds is 7. The Labute approximate surface area is 123 Å². The first-order valence-corrected chi connectivity index (χ1v) is 6.05. The second-order valence-corrected chi connectivity index (χ2v) is 4.30.